The standard InChI is InChI=1S/C12H12O3S.Na/c1-8-7-10-5-3-4-6-11(10)9(2)12(8)16(13,14)15;/h3-7H,1-2H3,(H,13,14,15);/q;+1/p-1. The van der Waals surface area contributed by atoms with Gasteiger partial charge in [-0.1, -0.05) is 30.3 Å². The molecule has 0 aliphatic heterocycles. The molecule has 5 heteroatoms. The minimum atomic E-state index is -4.41. The molecule has 0 saturated carbocycles. The van der Waals surface area contributed by atoms with E-state index in [9.17, 15) is 13.0 Å². The minimum absolute atomic E-state index is 0. The van der Waals surface area contributed by atoms with Gasteiger partial charge in [0, 0.05) is 0 Å². The first-order valence-electron chi connectivity index (χ1n) is 4.86. The van der Waals surface area contributed by atoms with Crippen molar-refractivity contribution in [2.75, 3.05) is 0 Å². The zero-order chi connectivity index (χ0) is 11.9. The molecule has 2 aromatic carbocycles. The average Bonchev–Trinajstić information content (AvgIpc) is 2.15. The quantitative estimate of drug-likeness (QED) is 0.505. The molecule has 0 amide bonds. The van der Waals surface area contributed by atoms with Gasteiger partial charge in [0.1, 0.15) is 10.1 Å². The van der Waals surface area contributed by atoms with Crippen LogP contribution in [-0.4, -0.2) is 13.0 Å². The second kappa shape index (κ2) is 5.08. The Kier molecular flexibility index (Phi) is 4.38. The summed E-state index contributed by atoms with van der Waals surface area (Å²) in [6.07, 6.45) is 0. The third kappa shape index (κ3) is 2.72. The summed E-state index contributed by atoms with van der Waals surface area (Å²) in [5, 5.41) is 1.76. The van der Waals surface area contributed by atoms with Crippen molar-refractivity contribution in [1.29, 1.82) is 0 Å². The van der Waals surface area contributed by atoms with Crippen LogP contribution in [0.15, 0.2) is 35.2 Å². The molecule has 0 aromatic heterocycles. The van der Waals surface area contributed by atoms with Crippen LogP contribution in [0.3, 0.4) is 0 Å². The van der Waals surface area contributed by atoms with Crippen LogP contribution in [0, 0.1) is 13.8 Å². The van der Waals surface area contributed by atoms with E-state index in [1.54, 1.807) is 19.9 Å². The van der Waals surface area contributed by atoms with Crippen molar-refractivity contribution in [3.63, 3.8) is 0 Å². The summed E-state index contributed by atoms with van der Waals surface area (Å²) in [6.45, 7) is 3.31. The van der Waals surface area contributed by atoms with Crippen molar-refractivity contribution in [2.24, 2.45) is 0 Å². The summed E-state index contributed by atoms with van der Waals surface area (Å²) >= 11 is 0. The smallest absolute Gasteiger partial charge is 0.744 e. The molecule has 0 spiro atoms. The minimum Gasteiger partial charge on any atom is -0.744 e. The fourth-order valence-electron chi connectivity index (χ4n) is 2.07. The molecule has 0 radical (unpaired) electrons. The summed E-state index contributed by atoms with van der Waals surface area (Å²) in [6, 6.07) is 9.15. The number of hydrogen-bond donors (Lipinski definition) is 0. The van der Waals surface area contributed by atoms with Gasteiger partial charge >= 0.3 is 29.6 Å². The molecule has 0 heterocycles. The fourth-order valence-corrected chi connectivity index (χ4v) is 3.00. The summed E-state index contributed by atoms with van der Waals surface area (Å²) in [7, 11) is -4.41. The van der Waals surface area contributed by atoms with Gasteiger partial charge in [0.15, 0.2) is 0 Å². The molecule has 3 nitrogen and oxygen atoms in total. The van der Waals surface area contributed by atoms with Crippen molar-refractivity contribution >= 4 is 20.9 Å². The van der Waals surface area contributed by atoms with Gasteiger partial charge < -0.3 is 4.55 Å². The first-order chi connectivity index (χ1) is 7.41. The number of benzene rings is 2. The maximum atomic E-state index is 11.2. The zero-order valence-electron chi connectivity index (χ0n) is 10.0. The van der Waals surface area contributed by atoms with Crippen LogP contribution >= 0.6 is 0 Å². The van der Waals surface area contributed by atoms with Crippen LogP contribution in [0.1, 0.15) is 11.1 Å². The van der Waals surface area contributed by atoms with Gasteiger partial charge in [0.2, 0.25) is 0 Å². The van der Waals surface area contributed by atoms with E-state index in [1.807, 2.05) is 24.3 Å². The molecule has 17 heavy (non-hydrogen) atoms. The van der Waals surface area contributed by atoms with Crippen molar-refractivity contribution < 1.29 is 42.5 Å². The van der Waals surface area contributed by atoms with Gasteiger partial charge in [-0.25, -0.2) is 8.42 Å². The van der Waals surface area contributed by atoms with Gasteiger partial charge in [0.25, 0.3) is 0 Å². The Labute approximate surface area is 123 Å². The molecular weight excluding hydrogens is 247 g/mol. The van der Waals surface area contributed by atoms with Gasteiger partial charge in [-0.2, -0.15) is 0 Å². The monoisotopic (exact) mass is 258 g/mol. The van der Waals surface area contributed by atoms with Crippen LogP contribution in [0.5, 0.6) is 0 Å². The van der Waals surface area contributed by atoms with Gasteiger partial charge in [-0.05, 0) is 35.7 Å². The largest absolute Gasteiger partial charge is 1.00 e. The third-order valence-corrected chi connectivity index (χ3v) is 3.81. The number of rotatable bonds is 1. The Bertz CT molecular complexity index is 663. The van der Waals surface area contributed by atoms with Crippen LogP contribution in [0.25, 0.3) is 10.8 Å². The topological polar surface area (TPSA) is 57.2 Å². The average molecular weight is 258 g/mol. The molecule has 84 valence electrons. The van der Waals surface area contributed by atoms with Crippen LogP contribution in [0.2, 0.25) is 0 Å². The van der Waals surface area contributed by atoms with E-state index < -0.39 is 10.1 Å². The molecule has 0 unspecified atom stereocenters. The summed E-state index contributed by atoms with van der Waals surface area (Å²) in [5.74, 6) is 0. The second-order valence-corrected chi connectivity index (χ2v) is 5.14. The Morgan fingerprint density at radius 3 is 2.29 bits per heavy atom. The number of fused-ring (bicyclic) bond motifs is 1. The number of aryl methyl sites for hydroxylation is 2. The Balaban J connectivity index is 0.00000144. The molecule has 2 aromatic rings. The SMILES string of the molecule is Cc1cc2ccccc2c(C)c1S(=O)(=O)[O-].[Na+]. The van der Waals surface area contributed by atoms with Crippen LogP contribution in [0.4, 0.5) is 0 Å². The van der Waals surface area contributed by atoms with Crippen molar-refractivity contribution in [1.82, 2.24) is 0 Å². The molecule has 0 fully saturated rings. The molecular formula is C12H11NaO3S. The summed E-state index contributed by atoms with van der Waals surface area (Å²) in [5.41, 5.74) is 1.04. The predicted molar refractivity (Wildman–Crippen MR) is 61.4 cm³/mol. The van der Waals surface area contributed by atoms with Gasteiger partial charge in [-0.3, -0.25) is 0 Å². The van der Waals surface area contributed by atoms with E-state index in [4.69, 9.17) is 0 Å². The van der Waals surface area contributed by atoms with E-state index in [-0.39, 0.29) is 34.5 Å². The van der Waals surface area contributed by atoms with Gasteiger partial charge in [-0.15, -0.1) is 0 Å². The molecule has 0 N–H and O–H groups in total. The third-order valence-electron chi connectivity index (χ3n) is 2.69. The van der Waals surface area contributed by atoms with Crippen molar-refractivity contribution in [3.05, 3.63) is 41.5 Å². The van der Waals surface area contributed by atoms with Crippen LogP contribution in [-0.2, 0) is 10.1 Å². The Morgan fingerprint density at radius 1 is 1.12 bits per heavy atom. The molecule has 0 aliphatic rings. The molecule has 2 rings (SSSR count). The van der Waals surface area contributed by atoms with Crippen molar-refractivity contribution in [2.45, 2.75) is 18.7 Å². The Hall–Kier alpha value is -0.390. The normalized spacial score (nSPS) is 11.2. The molecule has 0 bridgehead atoms. The summed E-state index contributed by atoms with van der Waals surface area (Å²) < 4.78 is 33.5. The first-order valence-corrected chi connectivity index (χ1v) is 6.27. The van der Waals surface area contributed by atoms with Crippen molar-refractivity contribution in [3.8, 4) is 0 Å². The Morgan fingerprint density at radius 2 is 1.71 bits per heavy atom. The number of hydrogen-bond acceptors (Lipinski definition) is 3. The van der Waals surface area contributed by atoms with E-state index in [0.717, 1.165) is 10.8 Å². The summed E-state index contributed by atoms with van der Waals surface area (Å²) in [4.78, 5) is -0.0915. The van der Waals surface area contributed by atoms with E-state index in [0.29, 0.717) is 11.1 Å². The van der Waals surface area contributed by atoms with Crippen LogP contribution < -0.4 is 29.6 Å². The predicted octanol–water partition coefficient (Wildman–Crippen LogP) is -0.635. The maximum absolute atomic E-state index is 11.2. The van der Waals surface area contributed by atoms with E-state index >= 15 is 0 Å². The fraction of sp³-hybridized carbons (Fsp3) is 0.167. The van der Waals surface area contributed by atoms with E-state index in [2.05, 4.69) is 0 Å². The second-order valence-electron chi connectivity index (χ2n) is 3.82. The molecule has 0 atom stereocenters. The van der Waals surface area contributed by atoms with Gasteiger partial charge in [0.05, 0.1) is 4.90 Å². The maximum Gasteiger partial charge on any atom is 1.00 e. The molecule has 0 saturated heterocycles. The zero-order valence-corrected chi connectivity index (χ0v) is 12.8. The molecule has 0 aliphatic carbocycles. The van der Waals surface area contributed by atoms with E-state index in [1.165, 1.54) is 0 Å². The first kappa shape index (κ1) is 14.7.